The molecule has 6 nitrogen and oxygen atoms in total. The number of hydrogen-bond donors (Lipinski definition) is 2. The molecule has 0 radical (unpaired) electrons. The second kappa shape index (κ2) is 14.0. The van der Waals surface area contributed by atoms with Gasteiger partial charge >= 0.3 is 0 Å². The van der Waals surface area contributed by atoms with E-state index < -0.39 is 4.75 Å². The van der Waals surface area contributed by atoms with E-state index in [1.807, 2.05) is 18.2 Å². The monoisotopic (exact) mass is 582 g/mol. The van der Waals surface area contributed by atoms with Gasteiger partial charge in [0.15, 0.2) is 23.0 Å². The third kappa shape index (κ3) is 6.98. The van der Waals surface area contributed by atoms with E-state index in [9.17, 15) is 15.5 Å². The number of thioether (sulfide) groups is 1. The van der Waals surface area contributed by atoms with Gasteiger partial charge in [0.25, 0.3) is 0 Å². The fraction of sp³-hybridized carbons (Fsp3) is 0.406. The summed E-state index contributed by atoms with van der Waals surface area (Å²) >= 11 is 1.60. The fourth-order valence-corrected chi connectivity index (χ4v) is 6.57. The van der Waals surface area contributed by atoms with Crippen molar-refractivity contribution in [2.45, 2.75) is 61.6 Å². The lowest BCUT2D eigenvalue weighted by Gasteiger charge is -2.35. The third-order valence-electron chi connectivity index (χ3n) is 7.72. The summed E-state index contributed by atoms with van der Waals surface area (Å²) in [5, 5.41) is 30.4. The van der Waals surface area contributed by atoms with Gasteiger partial charge in [-0.3, -0.25) is 4.90 Å². The van der Waals surface area contributed by atoms with Crippen molar-refractivity contribution in [2.75, 3.05) is 27.3 Å². The molecule has 0 aromatic heterocycles. The minimum absolute atomic E-state index is 0. The van der Waals surface area contributed by atoms with Crippen LogP contribution in [0.2, 0.25) is 0 Å². The second-order valence-electron chi connectivity index (χ2n) is 10.2. The van der Waals surface area contributed by atoms with Gasteiger partial charge in [0.1, 0.15) is 4.75 Å². The van der Waals surface area contributed by atoms with Crippen LogP contribution in [0.3, 0.4) is 0 Å². The number of benzene rings is 3. The van der Waals surface area contributed by atoms with E-state index in [1.54, 1.807) is 38.1 Å². The fourth-order valence-electron chi connectivity index (χ4n) is 5.36. The Labute approximate surface area is 248 Å². The molecule has 0 aliphatic carbocycles. The van der Waals surface area contributed by atoms with Crippen LogP contribution in [0.1, 0.15) is 60.9 Å². The SMILES string of the molecule is COc1ccc(C(C#N)(CCCCCN2CCc3cc(O)c(O)cc3C2C)Sc2ccc(C)cc2)cc1OC.Cl. The van der Waals surface area contributed by atoms with Gasteiger partial charge in [-0.1, -0.05) is 48.4 Å². The Morgan fingerprint density at radius 2 is 1.68 bits per heavy atom. The molecule has 2 atom stereocenters. The summed E-state index contributed by atoms with van der Waals surface area (Å²) in [4.78, 5) is 3.50. The molecule has 0 spiro atoms. The van der Waals surface area contributed by atoms with Crippen LogP contribution in [-0.2, 0) is 11.2 Å². The molecular weight excluding hydrogens is 544 g/mol. The van der Waals surface area contributed by atoms with E-state index in [-0.39, 0.29) is 29.9 Å². The molecule has 8 heteroatoms. The molecule has 2 N–H and O–H groups in total. The Morgan fingerprint density at radius 1 is 0.975 bits per heavy atom. The quantitative estimate of drug-likeness (QED) is 0.137. The number of unbranched alkanes of at least 4 members (excludes halogenated alkanes) is 2. The Morgan fingerprint density at radius 3 is 2.35 bits per heavy atom. The number of fused-ring (bicyclic) bond motifs is 1. The van der Waals surface area contributed by atoms with Crippen molar-refractivity contribution < 1.29 is 19.7 Å². The van der Waals surface area contributed by atoms with Gasteiger partial charge in [-0.25, -0.2) is 0 Å². The molecule has 0 bridgehead atoms. The Balaban J connectivity index is 0.00000441. The minimum atomic E-state index is -0.758. The van der Waals surface area contributed by atoms with Crippen LogP contribution in [0.15, 0.2) is 59.5 Å². The summed E-state index contributed by atoms with van der Waals surface area (Å²) in [6.07, 6.45) is 4.50. The Kier molecular flexibility index (Phi) is 11.0. The number of halogens is 1. The van der Waals surface area contributed by atoms with E-state index in [4.69, 9.17) is 9.47 Å². The Hall–Kier alpha value is -3.05. The van der Waals surface area contributed by atoms with Crippen molar-refractivity contribution in [3.05, 3.63) is 76.9 Å². The van der Waals surface area contributed by atoms with Crippen LogP contribution in [0.5, 0.6) is 23.0 Å². The van der Waals surface area contributed by atoms with Crippen LogP contribution >= 0.6 is 24.2 Å². The maximum Gasteiger partial charge on any atom is 0.161 e. The first-order valence-corrected chi connectivity index (χ1v) is 14.3. The molecule has 1 aliphatic heterocycles. The summed E-state index contributed by atoms with van der Waals surface area (Å²) in [5.74, 6) is 1.16. The first-order valence-electron chi connectivity index (χ1n) is 13.5. The topological polar surface area (TPSA) is 86.0 Å². The van der Waals surface area contributed by atoms with E-state index in [2.05, 4.69) is 49.1 Å². The molecule has 0 fully saturated rings. The van der Waals surface area contributed by atoms with Crippen molar-refractivity contribution in [3.63, 3.8) is 0 Å². The van der Waals surface area contributed by atoms with Gasteiger partial charge in [-0.05, 0) is 92.7 Å². The van der Waals surface area contributed by atoms with Crippen LogP contribution in [0.4, 0.5) is 0 Å². The molecule has 1 heterocycles. The lowest BCUT2D eigenvalue weighted by molar-refractivity contribution is 0.193. The number of methoxy groups -OCH3 is 2. The lowest BCUT2D eigenvalue weighted by Crippen LogP contribution is -2.34. The average molecular weight is 583 g/mol. The standard InChI is InChI=1S/C32H38N2O4S.ClH/c1-22-8-11-26(12-9-22)39-32(21-33,25-10-13-30(37-3)31(19-25)38-4)15-6-5-7-16-34-17-14-24-18-28(35)29(36)20-27(24)23(34)2;/h8-13,18-20,23,35-36H,5-7,14-17H2,1-4H3;1H. The maximum atomic E-state index is 10.6. The van der Waals surface area contributed by atoms with Gasteiger partial charge in [-0.2, -0.15) is 5.26 Å². The van der Waals surface area contributed by atoms with Crippen molar-refractivity contribution in [3.8, 4) is 29.1 Å². The highest BCUT2D eigenvalue weighted by atomic mass is 35.5. The number of nitriles is 1. The van der Waals surface area contributed by atoms with Crippen LogP contribution < -0.4 is 9.47 Å². The van der Waals surface area contributed by atoms with Crippen LogP contribution in [0.25, 0.3) is 0 Å². The van der Waals surface area contributed by atoms with Gasteiger partial charge in [0.2, 0.25) is 0 Å². The molecule has 0 amide bonds. The molecule has 0 saturated heterocycles. The summed E-state index contributed by atoms with van der Waals surface area (Å²) in [6.45, 7) is 6.10. The summed E-state index contributed by atoms with van der Waals surface area (Å²) in [6, 6.07) is 20.4. The number of aryl methyl sites for hydroxylation is 1. The number of phenolic OH excluding ortho intramolecular Hbond substituents is 2. The molecular formula is C32H39ClN2O4S. The number of aromatic hydroxyl groups is 2. The zero-order chi connectivity index (χ0) is 28.0. The molecule has 214 valence electrons. The average Bonchev–Trinajstić information content (AvgIpc) is 2.95. The van der Waals surface area contributed by atoms with Gasteiger partial charge < -0.3 is 19.7 Å². The minimum Gasteiger partial charge on any atom is -0.504 e. The number of ether oxygens (including phenoxy) is 2. The molecule has 3 aromatic rings. The van der Waals surface area contributed by atoms with Gasteiger partial charge in [0.05, 0.1) is 20.3 Å². The van der Waals surface area contributed by atoms with E-state index in [0.29, 0.717) is 17.9 Å². The highest BCUT2D eigenvalue weighted by molar-refractivity contribution is 8.00. The first kappa shape index (κ1) is 31.5. The van der Waals surface area contributed by atoms with Crippen molar-refractivity contribution in [2.24, 2.45) is 0 Å². The molecule has 3 aromatic carbocycles. The third-order valence-corrected chi connectivity index (χ3v) is 9.11. The second-order valence-corrected chi connectivity index (χ2v) is 11.6. The molecule has 40 heavy (non-hydrogen) atoms. The van der Waals surface area contributed by atoms with Gasteiger partial charge in [-0.15, -0.1) is 12.4 Å². The summed E-state index contributed by atoms with van der Waals surface area (Å²) in [5.41, 5.74) is 4.30. The molecule has 1 aliphatic rings. The van der Waals surface area contributed by atoms with E-state index in [0.717, 1.165) is 60.4 Å². The van der Waals surface area contributed by atoms with E-state index in [1.165, 1.54) is 5.56 Å². The highest BCUT2D eigenvalue weighted by Gasteiger charge is 2.34. The molecule has 4 rings (SSSR count). The summed E-state index contributed by atoms with van der Waals surface area (Å²) < 4.78 is 10.2. The number of hydrogen-bond acceptors (Lipinski definition) is 7. The van der Waals surface area contributed by atoms with Gasteiger partial charge in [0, 0.05) is 17.5 Å². The van der Waals surface area contributed by atoms with E-state index >= 15 is 0 Å². The summed E-state index contributed by atoms with van der Waals surface area (Å²) in [7, 11) is 3.23. The smallest absolute Gasteiger partial charge is 0.161 e. The number of nitrogens with zero attached hydrogens (tertiary/aromatic N) is 2. The predicted molar refractivity (Wildman–Crippen MR) is 163 cm³/mol. The largest absolute Gasteiger partial charge is 0.504 e. The first-order chi connectivity index (χ1) is 18.8. The van der Waals surface area contributed by atoms with Crippen molar-refractivity contribution >= 4 is 24.2 Å². The van der Waals surface area contributed by atoms with Crippen LogP contribution in [-0.4, -0.2) is 42.4 Å². The van der Waals surface area contributed by atoms with Crippen LogP contribution in [0, 0.1) is 18.3 Å². The predicted octanol–water partition coefficient (Wildman–Crippen LogP) is 7.54. The van der Waals surface area contributed by atoms with Crippen molar-refractivity contribution in [1.29, 1.82) is 5.26 Å². The molecule has 2 unspecified atom stereocenters. The number of phenols is 2. The zero-order valence-corrected chi connectivity index (χ0v) is 25.3. The van der Waals surface area contributed by atoms with Crippen molar-refractivity contribution in [1.82, 2.24) is 4.90 Å². The maximum absolute atomic E-state index is 10.6. The number of rotatable bonds is 11. The normalized spacial score (nSPS) is 16.2. The zero-order valence-electron chi connectivity index (χ0n) is 23.6. The lowest BCUT2D eigenvalue weighted by atomic mass is 9.91. The Bertz CT molecular complexity index is 1330. The molecule has 0 saturated carbocycles. The highest BCUT2D eigenvalue weighted by Crippen LogP contribution is 2.47.